The molecule has 1 fully saturated rings. The van der Waals surface area contributed by atoms with E-state index in [9.17, 15) is 9.90 Å². The number of hydrogen-bond acceptors (Lipinski definition) is 3. The summed E-state index contributed by atoms with van der Waals surface area (Å²) in [6.45, 7) is 8.19. The zero-order valence-corrected chi connectivity index (χ0v) is 12.0. The normalized spacial score (nSPS) is 24.6. The quantitative estimate of drug-likeness (QED) is 0.755. The molecule has 0 radical (unpaired) electrons. The minimum absolute atomic E-state index is 0.0846. The molecular weight excluding hydrogens is 228 g/mol. The molecule has 0 saturated carbocycles. The fraction of sp³-hybridized carbons (Fsp3) is 0.929. The first-order valence-corrected chi connectivity index (χ1v) is 7.23. The van der Waals surface area contributed by atoms with E-state index in [1.165, 1.54) is 0 Å². The summed E-state index contributed by atoms with van der Waals surface area (Å²) >= 11 is 0. The number of nitrogens with zero attached hydrogens (tertiary/aromatic N) is 1. The van der Waals surface area contributed by atoms with E-state index in [-0.39, 0.29) is 24.6 Å². The molecule has 0 aromatic rings. The van der Waals surface area contributed by atoms with E-state index in [1.807, 2.05) is 6.92 Å². The predicted molar refractivity (Wildman–Crippen MR) is 73.4 cm³/mol. The van der Waals surface area contributed by atoms with Gasteiger partial charge in [0.25, 0.3) is 0 Å². The lowest BCUT2D eigenvalue weighted by Gasteiger charge is -2.35. The third-order valence-electron chi connectivity index (χ3n) is 3.85. The van der Waals surface area contributed by atoms with E-state index >= 15 is 0 Å². The van der Waals surface area contributed by atoms with Crippen LogP contribution < -0.4 is 5.32 Å². The first-order valence-electron chi connectivity index (χ1n) is 7.23. The third kappa shape index (κ3) is 4.58. The Kier molecular flexibility index (Phi) is 6.65. The molecule has 0 aromatic carbocycles. The standard InChI is InChI=1S/C14H28N2O2/c1-4-6-11(2)15-14(18)12(3)16-8-5-7-13(9-16)10-17/h11-13,17H,4-10H2,1-3H3,(H,15,18). The molecule has 1 rings (SSSR count). The second-order valence-corrected chi connectivity index (χ2v) is 5.56. The summed E-state index contributed by atoms with van der Waals surface area (Å²) in [7, 11) is 0. The number of rotatable bonds is 6. The number of piperidine rings is 1. The maximum Gasteiger partial charge on any atom is 0.237 e. The Morgan fingerprint density at radius 3 is 2.83 bits per heavy atom. The highest BCUT2D eigenvalue weighted by molar-refractivity contribution is 5.81. The highest BCUT2D eigenvalue weighted by Gasteiger charge is 2.27. The fourth-order valence-electron chi connectivity index (χ4n) is 2.63. The van der Waals surface area contributed by atoms with Crippen LogP contribution in [-0.4, -0.2) is 47.7 Å². The lowest BCUT2D eigenvalue weighted by molar-refractivity contribution is -0.127. The van der Waals surface area contributed by atoms with Gasteiger partial charge < -0.3 is 10.4 Å². The highest BCUT2D eigenvalue weighted by atomic mass is 16.3. The largest absolute Gasteiger partial charge is 0.396 e. The molecule has 1 saturated heterocycles. The maximum absolute atomic E-state index is 12.1. The number of carbonyl (C=O) groups is 1. The van der Waals surface area contributed by atoms with Crippen LogP contribution in [0.5, 0.6) is 0 Å². The Hall–Kier alpha value is -0.610. The molecule has 0 spiro atoms. The number of aliphatic hydroxyl groups excluding tert-OH is 1. The van der Waals surface area contributed by atoms with Crippen LogP contribution in [0.15, 0.2) is 0 Å². The van der Waals surface area contributed by atoms with E-state index in [4.69, 9.17) is 0 Å². The minimum Gasteiger partial charge on any atom is -0.396 e. The van der Waals surface area contributed by atoms with Crippen LogP contribution in [0.3, 0.4) is 0 Å². The summed E-state index contributed by atoms with van der Waals surface area (Å²) in [5.41, 5.74) is 0. The summed E-state index contributed by atoms with van der Waals surface area (Å²) in [5, 5.41) is 12.3. The van der Waals surface area contributed by atoms with Crippen LogP contribution in [0.1, 0.15) is 46.5 Å². The first-order chi connectivity index (χ1) is 8.58. The Balaban J connectivity index is 2.42. The van der Waals surface area contributed by atoms with Gasteiger partial charge in [-0.15, -0.1) is 0 Å². The van der Waals surface area contributed by atoms with Crippen LogP contribution in [0.25, 0.3) is 0 Å². The van der Waals surface area contributed by atoms with Crippen molar-refractivity contribution >= 4 is 5.91 Å². The number of amides is 1. The molecule has 0 aliphatic carbocycles. The topological polar surface area (TPSA) is 52.6 Å². The molecule has 1 aliphatic heterocycles. The average Bonchev–Trinajstić information content (AvgIpc) is 2.38. The molecule has 0 bridgehead atoms. The number of nitrogens with one attached hydrogen (secondary N) is 1. The Bertz CT molecular complexity index is 258. The van der Waals surface area contributed by atoms with Gasteiger partial charge in [0.2, 0.25) is 5.91 Å². The SMILES string of the molecule is CCCC(C)NC(=O)C(C)N1CCCC(CO)C1. The van der Waals surface area contributed by atoms with Gasteiger partial charge in [-0.05, 0) is 45.6 Å². The van der Waals surface area contributed by atoms with E-state index in [0.717, 1.165) is 38.8 Å². The number of carbonyl (C=O) groups excluding carboxylic acids is 1. The number of likely N-dealkylation sites (tertiary alicyclic amines) is 1. The molecule has 0 aromatic heterocycles. The van der Waals surface area contributed by atoms with Gasteiger partial charge in [-0.3, -0.25) is 9.69 Å². The number of aliphatic hydroxyl groups is 1. The molecule has 4 heteroatoms. The Morgan fingerprint density at radius 2 is 2.22 bits per heavy atom. The second-order valence-electron chi connectivity index (χ2n) is 5.56. The molecule has 18 heavy (non-hydrogen) atoms. The van der Waals surface area contributed by atoms with Gasteiger partial charge in [-0.2, -0.15) is 0 Å². The molecule has 1 amide bonds. The van der Waals surface area contributed by atoms with E-state index in [0.29, 0.717) is 5.92 Å². The summed E-state index contributed by atoms with van der Waals surface area (Å²) in [6.07, 6.45) is 4.27. The zero-order valence-electron chi connectivity index (χ0n) is 12.0. The van der Waals surface area contributed by atoms with Gasteiger partial charge in [0.1, 0.15) is 0 Å². The highest BCUT2D eigenvalue weighted by Crippen LogP contribution is 2.18. The van der Waals surface area contributed by atoms with Crippen molar-refractivity contribution in [3.8, 4) is 0 Å². The lowest BCUT2D eigenvalue weighted by atomic mass is 9.97. The molecule has 3 atom stereocenters. The predicted octanol–water partition coefficient (Wildman–Crippen LogP) is 1.38. The Labute approximate surface area is 111 Å². The van der Waals surface area contributed by atoms with E-state index < -0.39 is 0 Å². The summed E-state index contributed by atoms with van der Waals surface area (Å²) in [4.78, 5) is 14.3. The molecular formula is C14H28N2O2. The molecule has 4 nitrogen and oxygen atoms in total. The van der Waals surface area contributed by atoms with Gasteiger partial charge >= 0.3 is 0 Å². The van der Waals surface area contributed by atoms with Crippen molar-refractivity contribution in [3.63, 3.8) is 0 Å². The summed E-state index contributed by atoms with van der Waals surface area (Å²) in [5.74, 6) is 0.455. The maximum atomic E-state index is 12.1. The van der Waals surface area contributed by atoms with Gasteiger partial charge in [-0.25, -0.2) is 0 Å². The van der Waals surface area contributed by atoms with Gasteiger partial charge in [0.05, 0.1) is 6.04 Å². The molecule has 2 N–H and O–H groups in total. The van der Waals surface area contributed by atoms with Gasteiger partial charge in [0.15, 0.2) is 0 Å². The third-order valence-corrected chi connectivity index (χ3v) is 3.85. The minimum atomic E-state index is -0.0846. The smallest absolute Gasteiger partial charge is 0.237 e. The number of hydrogen-bond donors (Lipinski definition) is 2. The van der Waals surface area contributed by atoms with Crippen LogP contribution >= 0.6 is 0 Å². The van der Waals surface area contributed by atoms with Gasteiger partial charge in [0, 0.05) is 19.2 Å². The summed E-state index contributed by atoms with van der Waals surface area (Å²) in [6, 6.07) is 0.169. The van der Waals surface area contributed by atoms with Crippen LogP contribution in [-0.2, 0) is 4.79 Å². The Morgan fingerprint density at radius 1 is 1.50 bits per heavy atom. The van der Waals surface area contributed by atoms with Crippen LogP contribution in [0, 0.1) is 5.92 Å². The van der Waals surface area contributed by atoms with Crippen molar-refractivity contribution in [1.29, 1.82) is 0 Å². The van der Waals surface area contributed by atoms with Crippen LogP contribution in [0.2, 0.25) is 0 Å². The van der Waals surface area contributed by atoms with Crippen molar-refractivity contribution < 1.29 is 9.90 Å². The van der Waals surface area contributed by atoms with Crippen molar-refractivity contribution in [1.82, 2.24) is 10.2 Å². The van der Waals surface area contributed by atoms with Crippen molar-refractivity contribution in [2.75, 3.05) is 19.7 Å². The molecule has 1 heterocycles. The van der Waals surface area contributed by atoms with Crippen molar-refractivity contribution in [2.45, 2.75) is 58.5 Å². The second kappa shape index (κ2) is 7.74. The fourth-order valence-corrected chi connectivity index (χ4v) is 2.63. The zero-order chi connectivity index (χ0) is 13.5. The molecule has 106 valence electrons. The first kappa shape index (κ1) is 15.4. The average molecular weight is 256 g/mol. The van der Waals surface area contributed by atoms with E-state index in [1.54, 1.807) is 0 Å². The van der Waals surface area contributed by atoms with Crippen molar-refractivity contribution in [2.24, 2.45) is 5.92 Å². The van der Waals surface area contributed by atoms with Gasteiger partial charge in [-0.1, -0.05) is 13.3 Å². The lowest BCUT2D eigenvalue weighted by Crippen LogP contribution is -2.51. The molecule has 3 unspecified atom stereocenters. The van der Waals surface area contributed by atoms with Crippen molar-refractivity contribution in [3.05, 3.63) is 0 Å². The summed E-state index contributed by atoms with van der Waals surface area (Å²) < 4.78 is 0. The van der Waals surface area contributed by atoms with Crippen LogP contribution in [0.4, 0.5) is 0 Å². The monoisotopic (exact) mass is 256 g/mol. The van der Waals surface area contributed by atoms with E-state index in [2.05, 4.69) is 24.1 Å². The molecule has 1 aliphatic rings.